The summed E-state index contributed by atoms with van der Waals surface area (Å²) in [6.45, 7) is 0. The van der Waals surface area contributed by atoms with Crippen LogP contribution in [0.5, 0.6) is 11.5 Å². The molecule has 0 N–H and O–H groups in total. The van der Waals surface area contributed by atoms with Gasteiger partial charge in [-0.1, -0.05) is 12.1 Å². The highest BCUT2D eigenvalue weighted by atomic mass is 19.1. The molecule has 0 saturated carbocycles. The van der Waals surface area contributed by atoms with Crippen LogP contribution in [0, 0.1) is 5.82 Å². The van der Waals surface area contributed by atoms with Gasteiger partial charge in [0.15, 0.2) is 5.82 Å². The van der Waals surface area contributed by atoms with Crippen molar-refractivity contribution in [2.75, 3.05) is 14.2 Å². The third kappa shape index (κ3) is 3.94. The van der Waals surface area contributed by atoms with E-state index in [9.17, 15) is 4.39 Å². The van der Waals surface area contributed by atoms with E-state index in [1.807, 2.05) is 48.5 Å². The van der Waals surface area contributed by atoms with Crippen molar-refractivity contribution in [3.8, 4) is 45.3 Å². The largest absolute Gasteiger partial charge is 0.497 e. The normalized spacial score (nSPS) is 10.6. The van der Waals surface area contributed by atoms with Gasteiger partial charge in [-0.3, -0.25) is 0 Å². The molecule has 0 bridgehead atoms. The van der Waals surface area contributed by atoms with Crippen molar-refractivity contribution in [1.29, 1.82) is 0 Å². The summed E-state index contributed by atoms with van der Waals surface area (Å²) in [4.78, 5) is 9.34. The minimum atomic E-state index is -0.293. The van der Waals surface area contributed by atoms with E-state index in [0.717, 1.165) is 39.4 Å². The molecule has 0 fully saturated rings. The molecule has 4 aromatic rings. The molecule has 0 aliphatic carbocycles. The van der Waals surface area contributed by atoms with Gasteiger partial charge in [0.2, 0.25) is 0 Å². The molecule has 1 aromatic heterocycles. The third-order valence-corrected chi connectivity index (χ3v) is 4.66. The Labute approximate surface area is 168 Å². The van der Waals surface area contributed by atoms with Crippen molar-refractivity contribution in [3.63, 3.8) is 0 Å². The van der Waals surface area contributed by atoms with E-state index in [1.165, 1.54) is 12.1 Å². The molecule has 0 aliphatic heterocycles. The van der Waals surface area contributed by atoms with Crippen LogP contribution in [0.4, 0.5) is 4.39 Å². The fourth-order valence-electron chi connectivity index (χ4n) is 3.07. The second-order valence-electron chi connectivity index (χ2n) is 6.42. The number of methoxy groups -OCH3 is 2. The number of halogens is 1. The van der Waals surface area contributed by atoms with Gasteiger partial charge in [0.05, 0.1) is 19.9 Å². The van der Waals surface area contributed by atoms with Gasteiger partial charge in [-0.2, -0.15) is 0 Å². The summed E-state index contributed by atoms with van der Waals surface area (Å²) in [6, 6.07) is 21.6. The fourth-order valence-corrected chi connectivity index (χ4v) is 3.07. The molecule has 0 atom stereocenters. The van der Waals surface area contributed by atoms with Crippen LogP contribution in [0.3, 0.4) is 0 Å². The lowest BCUT2D eigenvalue weighted by molar-refractivity contribution is 0.414. The van der Waals surface area contributed by atoms with E-state index in [1.54, 1.807) is 32.5 Å². The molecular formula is C24H19FN2O2. The van der Waals surface area contributed by atoms with Crippen molar-refractivity contribution < 1.29 is 13.9 Å². The molecule has 0 spiro atoms. The number of ether oxygens (including phenoxy) is 2. The molecule has 0 aliphatic rings. The molecule has 5 heteroatoms. The predicted molar refractivity (Wildman–Crippen MR) is 111 cm³/mol. The van der Waals surface area contributed by atoms with E-state index in [0.29, 0.717) is 5.82 Å². The van der Waals surface area contributed by atoms with Crippen molar-refractivity contribution >= 4 is 0 Å². The van der Waals surface area contributed by atoms with Crippen molar-refractivity contribution in [3.05, 3.63) is 84.8 Å². The van der Waals surface area contributed by atoms with Crippen LogP contribution in [0.15, 0.2) is 79.0 Å². The molecule has 4 nitrogen and oxygen atoms in total. The minimum Gasteiger partial charge on any atom is -0.497 e. The number of hydrogen-bond acceptors (Lipinski definition) is 4. The quantitative estimate of drug-likeness (QED) is 0.446. The molecule has 0 saturated heterocycles. The van der Waals surface area contributed by atoms with E-state index in [2.05, 4.69) is 4.98 Å². The standard InChI is InChI=1S/C24H19FN2O2/c1-28-20-11-5-16(6-12-20)22-15-26-24(18-3-9-19(25)10-4-18)27-23(22)17-7-13-21(29-2)14-8-17/h3-15H,1-2H3. The van der Waals surface area contributed by atoms with Gasteiger partial charge < -0.3 is 9.47 Å². The average Bonchev–Trinajstić information content (AvgIpc) is 2.79. The Bertz CT molecular complexity index is 1110. The van der Waals surface area contributed by atoms with Crippen LogP contribution >= 0.6 is 0 Å². The average molecular weight is 386 g/mol. The molecule has 3 aromatic carbocycles. The molecule has 0 amide bonds. The van der Waals surface area contributed by atoms with Gasteiger partial charge in [0.1, 0.15) is 17.3 Å². The molecule has 1 heterocycles. The van der Waals surface area contributed by atoms with Crippen molar-refractivity contribution in [1.82, 2.24) is 9.97 Å². The Hall–Kier alpha value is -3.73. The summed E-state index contributed by atoms with van der Waals surface area (Å²) >= 11 is 0. The Kier molecular flexibility index (Phi) is 5.20. The van der Waals surface area contributed by atoms with Gasteiger partial charge in [-0.05, 0) is 66.2 Å². The van der Waals surface area contributed by atoms with Crippen LogP contribution < -0.4 is 9.47 Å². The lowest BCUT2D eigenvalue weighted by Gasteiger charge is -2.12. The predicted octanol–water partition coefficient (Wildman–Crippen LogP) is 5.63. The molecule has 0 unspecified atom stereocenters. The smallest absolute Gasteiger partial charge is 0.159 e. The Balaban J connectivity index is 1.85. The lowest BCUT2D eigenvalue weighted by Crippen LogP contribution is -1.96. The second-order valence-corrected chi connectivity index (χ2v) is 6.42. The van der Waals surface area contributed by atoms with Crippen LogP contribution in [0.2, 0.25) is 0 Å². The first-order chi connectivity index (χ1) is 14.2. The summed E-state index contributed by atoms with van der Waals surface area (Å²) in [5.74, 6) is 1.79. The minimum absolute atomic E-state index is 0.293. The second kappa shape index (κ2) is 8.10. The number of rotatable bonds is 5. The highest BCUT2D eigenvalue weighted by molar-refractivity contribution is 5.81. The topological polar surface area (TPSA) is 44.2 Å². The Morgan fingerprint density at radius 3 is 1.72 bits per heavy atom. The number of benzene rings is 3. The van der Waals surface area contributed by atoms with Crippen LogP contribution in [0.1, 0.15) is 0 Å². The summed E-state index contributed by atoms with van der Waals surface area (Å²) in [7, 11) is 3.27. The highest BCUT2D eigenvalue weighted by Gasteiger charge is 2.13. The van der Waals surface area contributed by atoms with E-state index < -0.39 is 0 Å². The third-order valence-electron chi connectivity index (χ3n) is 4.66. The molecule has 4 rings (SSSR count). The Morgan fingerprint density at radius 1 is 0.655 bits per heavy atom. The highest BCUT2D eigenvalue weighted by Crippen LogP contribution is 2.33. The first-order valence-electron chi connectivity index (χ1n) is 9.10. The van der Waals surface area contributed by atoms with E-state index in [-0.39, 0.29) is 5.82 Å². The summed E-state index contributed by atoms with van der Waals surface area (Å²) < 4.78 is 23.8. The molecule has 144 valence electrons. The SMILES string of the molecule is COc1ccc(-c2cnc(-c3ccc(F)cc3)nc2-c2ccc(OC)cc2)cc1. The van der Waals surface area contributed by atoms with E-state index in [4.69, 9.17) is 14.5 Å². The van der Waals surface area contributed by atoms with Gasteiger partial charge >= 0.3 is 0 Å². The number of hydrogen-bond donors (Lipinski definition) is 0. The van der Waals surface area contributed by atoms with Crippen LogP contribution in [-0.2, 0) is 0 Å². The van der Waals surface area contributed by atoms with Gasteiger partial charge in [-0.15, -0.1) is 0 Å². The van der Waals surface area contributed by atoms with Gasteiger partial charge in [-0.25, -0.2) is 14.4 Å². The first kappa shape index (κ1) is 18.6. The van der Waals surface area contributed by atoms with Crippen LogP contribution in [0.25, 0.3) is 33.8 Å². The molecule has 0 radical (unpaired) electrons. The maximum absolute atomic E-state index is 13.3. The maximum atomic E-state index is 13.3. The fraction of sp³-hybridized carbons (Fsp3) is 0.0833. The van der Waals surface area contributed by atoms with Crippen molar-refractivity contribution in [2.45, 2.75) is 0 Å². The first-order valence-corrected chi connectivity index (χ1v) is 9.10. The summed E-state index contributed by atoms with van der Waals surface area (Å²) in [5, 5.41) is 0. The number of nitrogens with zero attached hydrogens (tertiary/aromatic N) is 2. The summed E-state index contributed by atoms with van der Waals surface area (Å²) in [6.07, 6.45) is 1.80. The maximum Gasteiger partial charge on any atom is 0.159 e. The van der Waals surface area contributed by atoms with Gasteiger partial charge in [0, 0.05) is 22.9 Å². The zero-order valence-corrected chi connectivity index (χ0v) is 16.1. The monoisotopic (exact) mass is 386 g/mol. The van der Waals surface area contributed by atoms with Crippen molar-refractivity contribution in [2.24, 2.45) is 0 Å². The molecular weight excluding hydrogens is 367 g/mol. The van der Waals surface area contributed by atoms with Crippen LogP contribution in [-0.4, -0.2) is 24.2 Å². The van der Waals surface area contributed by atoms with E-state index >= 15 is 0 Å². The van der Waals surface area contributed by atoms with Gasteiger partial charge in [0.25, 0.3) is 0 Å². The Morgan fingerprint density at radius 2 is 1.17 bits per heavy atom. The lowest BCUT2D eigenvalue weighted by atomic mass is 10.00. The zero-order valence-electron chi connectivity index (χ0n) is 16.1. The molecule has 29 heavy (non-hydrogen) atoms. The zero-order chi connectivity index (χ0) is 20.2. The number of aromatic nitrogens is 2. The summed E-state index contributed by atoms with van der Waals surface area (Å²) in [5.41, 5.74) is 4.34.